The summed E-state index contributed by atoms with van der Waals surface area (Å²) in [6.45, 7) is 1.58. The van der Waals surface area contributed by atoms with E-state index in [4.69, 9.17) is 0 Å². The lowest BCUT2D eigenvalue weighted by Gasteiger charge is -2.17. The van der Waals surface area contributed by atoms with Crippen molar-refractivity contribution in [1.82, 2.24) is 0 Å². The molecule has 0 amide bonds. The summed E-state index contributed by atoms with van der Waals surface area (Å²) in [4.78, 5) is 24.1. The van der Waals surface area contributed by atoms with Gasteiger partial charge in [-0.05, 0) is 41.5 Å². The molecular weight excluding hydrogens is 358 g/mol. The molecule has 0 fully saturated rings. The van der Waals surface area contributed by atoms with E-state index >= 15 is 0 Å². The van der Waals surface area contributed by atoms with Gasteiger partial charge in [0, 0.05) is 36.6 Å². The van der Waals surface area contributed by atoms with Gasteiger partial charge in [-0.2, -0.15) is 0 Å². The molecule has 0 saturated heterocycles. The van der Waals surface area contributed by atoms with E-state index in [-0.39, 0.29) is 11.3 Å². The molecule has 7 nitrogen and oxygen atoms in total. The van der Waals surface area contributed by atoms with Crippen molar-refractivity contribution in [3.8, 4) is 0 Å². The number of rotatable bonds is 5. The zero-order valence-electron chi connectivity index (χ0n) is 14.8. The molecule has 1 aliphatic rings. The predicted octanol–water partition coefficient (Wildman–Crippen LogP) is 4.56. The van der Waals surface area contributed by atoms with Gasteiger partial charge < -0.3 is 15.3 Å². The van der Waals surface area contributed by atoms with Gasteiger partial charge in [-0.1, -0.05) is 24.3 Å². The molecule has 1 aliphatic heterocycles. The van der Waals surface area contributed by atoms with Gasteiger partial charge in [0.2, 0.25) is 0 Å². The van der Waals surface area contributed by atoms with Crippen molar-refractivity contribution in [1.29, 1.82) is 0 Å². The molecule has 0 bridgehead atoms. The summed E-state index contributed by atoms with van der Waals surface area (Å²) in [5.74, 6) is -1.22. The van der Waals surface area contributed by atoms with Crippen molar-refractivity contribution in [3.63, 3.8) is 0 Å². The molecule has 1 heterocycles. The van der Waals surface area contributed by atoms with Crippen molar-refractivity contribution in [2.75, 3.05) is 10.2 Å². The van der Waals surface area contributed by atoms with Gasteiger partial charge in [-0.3, -0.25) is 10.1 Å². The number of anilines is 3. The molecule has 4 rings (SSSR count). The maximum atomic E-state index is 11.5. The lowest BCUT2D eigenvalue weighted by molar-refractivity contribution is -0.384. The first-order chi connectivity index (χ1) is 13.5. The minimum atomic E-state index is -1.22. The van der Waals surface area contributed by atoms with Crippen molar-refractivity contribution in [3.05, 3.63) is 93.5 Å². The summed E-state index contributed by atoms with van der Waals surface area (Å²) in [5.41, 5.74) is 4.19. The number of benzene rings is 3. The van der Waals surface area contributed by atoms with Crippen LogP contribution in [0, 0.1) is 10.1 Å². The van der Waals surface area contributed by atoms with E-state index in [1.807, 2.05) is 36.4 Å². The number of fused-ring (bicyclic) bond motifs is 1. The Kier molecular flexibility index (Phi) is 4.41. The second kappa shape index (κ2) is 7.03. The fourth-order valence-electron chi connectivity index (χ4n) is 3.38. The Morgan fingerprint density at radius 1 is 1.00 bits per heavy atom. The molecule has 3 aromatic carbocycles. The number of nitrogens with zero attached hydrogens (tertiary/aromatic N) is 2. The standard InChI is InChI=1S/C21H17N3O4/c25-21(26)19-11-18(24(27)28)8-9-20(19)22-16-7-6-14-12-23(13-15(14)10-16)17-4-2-1-3-5-17/h1-11,22H,12-13H2,(H,25,26). The van der Waals surface area contributed by atoms with Crippen LogP contribution in [0.3, 0.4) is 0 Å². The van der Waals surface area contributed by atoms with Crippen LogP contribution in [-0.4, -0.2) is 16.0 Å². The molecule has 0 aromatic heterocycles. The van der Waals surface area contributed by atoms with Gasteiger partial charge in [0.25, 0.3) is 5.69 Å². The van der Waals surface area contributed by atoms with Crippen molar-refractivity contribution < 1.29 is 14.8 Å². The van der Waals surface area contributed by atoms with Gasteiger partial charge in [0.1, 0.15) is 0 Å². The van der Waals surface area contributed by atoms with E-state index in [0.717, 1.165) is 36.1 Å². The lowest BCUT2D eigenvalue weighted by atomic mass is 10.1. The normalized spacial score (nSPS) is 12.5. The van der Waals surface area contributed by atoms with E-state index in [1.165, 1.54) is 17.7 Å². The molecule has 0 unspecified atom stereocenters. The Bertz CT molecular complexity index is 1070. The Labute approximate surface area is 161 Å². The third-order valence-electron chi connectivity index (χ3n) is 4.77. The molecule has 140 valence electrons. The Morgan fingerprint density at radius 3 is 2.46 bits per heavy atom. The highest BCUT2D eigenvalue weighted by molar-refractivity contribution is 5.96. The molecule has 0 radical (unpaired) electrons. The summed E-state index contributed by atoms with van der Waals surface area (Å²) in [6.07, 6.45) is 0. The second-order valence-corrected chi connectivity index (χ2v) is 6.59. The van der Waals surface area contributed by atoms with Gasteiger partial charge in [0.05, 0.1) is 16.2 Å². The number of carbonyl (C=O) groups is 1. The van der Waals surface area contributed by atoms with Crippen LogP contribution < -0.4 is 10.2 Å². The van der Waals surface area contributed by atoms with Crippen LogP contribution in [0.15, 0.2) is 66.7 Å². The smallest absolute Gasteiger partial charge is 0.338 e. The first-order valence-electron chi connectivity index (χ1n) is 8.72. The SMILES string of the molecule is O=C(O)c1cc([N+](=O)[O-])ccc1Nc1ccc2c(c1)CN(c1ccccc1)C2. The van der Waals surface area contributed by atoms with Gasteiger partial charge in [-0.25, -0.2) is 4.79 Å². The highest BCUT2D eigenvalue weighted by Gasteiger charge is 2.20. The molecule has 28 heavy (non-hydrogen) atoms. The minimum Gasteiger partial charge on any atom is -0.478 e. The number of carboxylic acid groups (broad SMARTS) is 1. The van der Waals surface area contributed by atoms with Crippen LogP contribution >= 0.6 is 0 Å². The van der Waals surface area contributed by atoms with Crippen LogP contribution in [0.4, 0.5) is 22.7 Å². The number of nitro benzene ring substituents is 1. The topological polar surface area (TPSA) is 95.7 Å². The maximum Gasteiger partial charge on any atom is 0.338 e. The number of nitro groups is 1. The summed E-state index contributed by atoms with van der Waals surface area (Å²) in [7, 11) is 0. The number of aromatic carboxylic acids is 1. The maximum absolute atomic E-state index is 11.5. The summed E-state index contributed by atoms with van der Waals surface area (Å²) >= 11 is 0. The molecule has 0 saturated carbocycles. The molecule has 0 spiro atoms. The van der Waals surface area contributed by atoms with Crippen molar-refractivity contribution in [2.45, 2.75) is 13.1 Å². The van der Waals surface area contributed by atoms with Crippen LogP contribution in [0.5, 0.6) is 0 Å². The van der Waals surface area contributed by atoms with E-state index in [1.54, 1.807) is 0 Å². The number of non-ortho nitro benzene ring substituents is 1. The highest BCUT2D eigenvalue weighted by Crippen LogP contribution is 2.32. The fourth-order valence-corrected chi connectivity index (χ4v) is 3.38. The fraction of sp³-hybridized carbons (Fsp3) is 0.0952. The van der Waals surface area contributed by atoms with Crippen LogP contribution in [0.2, 0.25) is 0 Å². The molecule has 0 atom stereocenters. The summed E-state index contributed by atoms with van der Waals surface area (Å²) in [5, 5.41) is 23.4. The largest absolute Gasteiger partial charge is 0.478 e. The second-order valence-electron chi connectivity index (χ2n) is 6.59. The summed E-state index contributed by atoms with van der Waals surface area (Å²) < 4.78 is 0. The Hall–Kier alpha value is -3.87. The lowest BCUT2D eigenvalue weighted by Crippen LogP contribution is -2.13. The Balaban J connectivity index is 1.59. The number of para-hydroxylation sites is 1. The minimum absolute atomic E-state index is 0.138. The molecule has 7 heteroatoms. The zero-order valence-corrected chi connectivity index (χ0v) is 14.8. The van der Waals surface area contributed by atoms with Gasteiger partial charge in [0.15, 0.2) is 0 Å². The van der Waals surface area contributed by atoms with Crippen molar-refractivity contribution >= 4 is 28.7 Å². The van der Waals surface area contributed by atoms with E-state index in [0.29, 0.717) is 5.69 Å². The first-order valence-corrected chi connectivity index (χ1v) is 8.72. The number of hydrogen-bond donors (Lipinski definition) is 2. The molecule has 0 aliphatic carbocycles. The van der Waals surface area contributed by atoms with Crippen LogP contribution in [0.25, 0.3) is 0 Å². The number of nitrogens with one attached hydrogen (secondary N) is 1. The van der Waals surface area contributed by atoms with Crippen molar-refractivity contribution in [2.24, 2.45) is 0 Å². The number of carboxylic acids is 1. The average molecular weight is 375 g/mol. The first kappa shape index (κ1) is 17.5. The van der Waals surface area contributed by atoms with Crippen LogP contribution in [0.1, 0.15) is 21.5 Å². The third-order valence-corrected chi connectivity index (χ3v) is 4.77. The predicted molar refractivity (Wildman–Crippen MR) is 106 cm³/mol. The van der Waals surface area contributed by atoms with E-state index < -0.39 is 10.9 Å². The average Bonchev–Trinajstić information content (AvgIpc) is 3.12. The molecule has 2 N–H and O–H groups in total. The van der Waals surface area contributed by atoms with Gasteiger partial charge >= 0.3 is 5.97 Å². The molecular formula is C21H17N3O4. The number of hydrogen-bond acceptors (Lipinski definition) is 5. The van der Waals surface area contributed by atoms with Gasteiger partial charge in [-0.15, -0.1) is 0 Å². The summed E-state index contributed by atoms with van der Waals surface area (Å²) in [6, 6.07) is 19.8. The quantitative estimate of drug-likeness (QED) is 0.501. The third kappa shape index (κ3) is 3.37. The van der Waals surface area contributed by atoms with E-state index in [9.17, 15) is 20.0 Å². The van der Waals surface area contributed by atoms with E-state index in [2.05, 4.69) is 22.3 Å². The van der Waals surface area contributed by atoms with Crippen LogP contribution in [-0.2, 0) is 13.1 Å². The zero-order chi connectivity index (χ0) is 19.7. The highest BCUT2D eigenvalue weighted by atomic mass is 16.6. The molecule has 3 aromatic rings. The monoisotopic (exact) mass is 375 g/mol. The Morgan fingerprint density at radius 2 is 1.75 bits per heavy atom.